The van der Waals surface area contributed by atoms with Crippen LogP contribution >= 0.6 is 12.2 Å². The number of nitrogens with one attached hydrogen (secondary N) is 2. The van der Waals surface area contributed by atoms with E-state index in [0.29, 0.717) is 5.11 Å². The number of aryl methyl sites for hydroxylation is 1. The van der Waals surface area contributed by atoms with Crippen LogP contribution < -0.4 is 15.4 Å². The highest BCUT2D eigenvalue weighted by molar-refractivity contribution is 7.80. The highest BCUT2D eigenvalue weighted by Gasteiger charge is 2.12. The Morgan fingerprint density at radius 1 is 1.22 bits per heavy atom. The van der Waals surface area contributed by atoms with E-state index in [0.717, 1.165) is 29.0 Å². The molecule has 2 aromatic rings. The first-order valence-electron chi connectivity index (χ1n) is 7.51. The number of hydrogen-bond donors (Lipinski definition) is 2. The van der Waals surface area contributed by atoms with Gasteiger partial charge in [-0.3, -0.25) is 0 Å². The Morgan fingerprint density at radius 3 is 2.48 bits per heavy atom. The van der Waals surface area contributed by atoms with Gasteiger partial charge in [-0.05, 0) is 67.0 Å². The fraction of sp³-hybridized carbons (Fsp3) is 0.278. The van der Waals surface area contributed by atoms with E-state index in [1.807, 2.05) is 19.1 Å². The second kappa shape index (κ2) is 7.92. The number of hydrogen-bond acceptors (Lipinski definition) is 2. The van der Waals surface area contributed by atoms with E-state index in [9.17, 15) is 4.39 Å². The minimum atomic E-state index is -0.269. The monoisotopic (exact) mass is 332 g/mol. The number of methoxy groups -OCH3 is 1. The largest absolute Gasteiger partial charge is 0.496 e. The minimum absolute atomic E-state index is 0.0973. The molecule has 3 nitrogen and oxygen atoms in total. The van der Waals surface area contributed by atoms with Gasteiger partial charge in [0.15, 0.2) is 5.11 Å². The number of halogens is 1. The van der Waals surface area contributed by atoms with E-state index in [1.165, 1.54) is 12.1 Å². The van der Waals surface area contributed by atoms with Crippen LogP contribution in [0.5, 0.6) is 5.75 Å². The van der Waals surface area contributed by atoms with Crippen molar-refractivity contribution in [2.45, 2.75) is 26.3 Å². The molecule has 0 bridgehead atoms. The highest BCUT2D eigenvalue weighted by Crippen LogP contribution is 2.24. The van der Waals surface area contributed by atoms with Crippen molar-refractivity contribution in [1.82, 2.24) is 5.32 Å². The van der Waals surface area contributed by atoms with Crippen molar-refractivity contribution in [3.8, 4) is 5.75 Å². The lowest BCUT2D eigenvalue weighted by atomic mass is 10.0. The standard InChI is InChI=1S/C18H21FN2OS/c1-4-16(13-5-10-17(22-3)12(2)11-13)21-18(23)20-15-8-6-14(19)7-9-15/h5-11,16H,4H2,1-3H3,(H2,20,21,23)/t16-/m1/s1. The van der Waals surface area contributed by atoms with Crippen LogP contribution in [0.2, 0.25) is 0 Å². The molecular weight excluding hydrogens is 311 g/mol. The molecule has 5 heteroatoms. The van der Waals surface area contributed by atoms with Gasteiger partial charge in [0.1, 0.15) is 11.6 Å². The molecule has 0 spiro atoms. The van der Waals surface area contributed by atoms with Crippen molar-refractivity contribution < 1.29 is 9.13 Å². The van der Waals surface area contributed by atoms with Gasteiger partial charge < -0.3 is 15.4 Å². The van der Waals surface area contributed by atoms with Crippen LogP contribution in [0.25, 0.3) is 0 Å². The fourth-order valence-corrected chi connectivity index (χ4v) is 2.66. The summed E-state index contributed by atoms with van der Waals surface area (Å²) in [5.74, 6) is 0.602. The van der Waals surface area contributed by atoms with Crippen LogP contribution in [0.3, 0.4) is 0 Å². The number of anilines is 1. The Bertz CT molecular complexity index is 673. The maximum Gasteiger partial charge on any atom is 0.171 e. The Morgan fingerprint density at radius 2 is 1.91 bits per heavy atom. The SMILES string of the molecule is CC[C@@H](NC(=S)Nc1ccc(F)cc1)c1ccc(OC)c(C)c1. The van der Waals surface area contributed by atoms with Gasteiger partial charge in [-0.2, -0.15) is 0 Å². The Balaban J connectivity index is 2.05. The second-order valence-electron chi connectivity index (χ2n) is 5.30. The van der Waals surface area contributed by atoms with Gasteiger partial charge in [0.05, 0.1) is 13.2 Å². The quantitative estimate of drug-likeness (QED) is 0.785. The lowest BCUT2D eigenvalue weighted by Crippen LogP contribution is -2.32. The molecule has 0 aliphatic rings. The molecule has 0 fully saturated rings. The number of rotatable bonds is 5. The minimum Gasteiger partial charge on any atom is -0.496 e. The summed E-state index contributed by atoms with van der Waals surface area (Å²) in [5.41, 5.74) is 2.99. The molecule has 2 aromatic carbocycles. The summed E-state index contributed by atoms with van der Waals surface area (Å²) in [6, 6.07) is 12.3. The molecule has 2 rings (SSSR count). The molecule has 0 saturated carbocycles. The zero-order valence-corrected chi connectivity index (χ0v) is 14.3. The van der Waals surface area contributed by atoms with Crippen LogP contribution in [-0.4, -0.2) is 12.2 Å². The van der Waals surface area contributed by atoms with Crippen LogP contribution in [0.4, 0.5) is 10.1 Å². The molecule has 0 unspecified atom stereocenters. The highest BCUT2D eigenvalue weighted by atomic mass is 32.1. The summed E-state index contributed by atoms with van der Waals surface area (Å²) in [5, 5.41) is 6.88. The van der Waals surface area contributed by atoms with E-state index in [-0.39, 0.29) is 11.9 Å². The second-order valence-corrected chi connectivity index (χ2v) is 5.70. The van der Waals surface area contributed by atoms with E-state index in [4.69, 9.17) is 17.0 Å². The first-order valence-corrected chi connectivity index (χ1v) is 7.92. The third kappa shape index (κ3) is 4.66. The van der Waals surface area contributed by atoms with Gasteiger partial charge in [-0.1, -0.05) is 19.1 Å². The van der Waals surface area contributed by atoms with Crippen LogP contribution in [-0.2, 0) is 0 Å². The normalized spacial score (nSPS) is 11.7. The molecule has 0 aliphatic heterocycles. The molecule has 0 radical (unpaired) electrons. The first-order chi connectivity index (χ1) is 11.0. The lowest BCUT2D eigenvalue weighted by molar-refractivity contribution is 0.411. The molecule has 0 aliphatic carbocycles. The molecule has 2 N–H and O–H groups in total. The smallest absolute Gasteiger partial charge is 0.171 e. The Hall–Kier alpha value is -2.14. The topological polar surface area (TPSA) is 33.3 Å². The molecule has 0 saturated heterocycles. The maximum absolute atomic E-state index is 12.9. The summed E-state index contributed by atoms with van der Waals surface area (Å²) in [7, 11) is 1.67. The predicted octanol–water partition coefficient (Wildman–Crippen LogP) is 4.58. The molecule has 0 aromatic heterocycles. The van der Waals surface area contributed by atoms with Gasteiger partial charge in [0, 0.05) is 5.69 Å². The number of benzene rings is 2. The molecule has 0 amide bonds. The number of thiocarbonyl (C=S) groups is 1. The van der Waals surface area contributed by atoms with E-state index in [2.05, 4.69) is 23.6 Å². The average molecular weight is 332 g/mol. The molecule has 0 heterocycles. The summed E-state index contributed by atoms with van der Waals surface area (Å²) in [6.07, 6.45) is 0.886. The zero-order chi connectivity index (χ0) is 16.8. The average Bonchev–Trinajstić information content (AvgIpc) is 2.54. The summed E-state index contributed by atoms with van der Waals surface area (Å²) in [4.78, 5) is 0. The van der Waals surface area contributed by atoms with Crippen molar-refractivity contribution in [2.75, 3.05) is 12.4 Å². The molecule has 23 heavy (non-hydrogen) atoms. The molecular formula is C18H21FN2OS. The summed E-state index contributed by atoms with van der Waals surface area (Å²) in [6.45, 7) is 4.11. The van der Waals surface area contributed by atoms with Crippen LogP contribution in [0.15, 0.2) is 42.5 Å². The van der Waals surface area contributed by atoms with Crippen molar-refractivity contribution in [2.24, 2.45) is 0 Å². The van der Waals surface area contributed by atoms with Gasteiger partial charge in [0.25, 0.3) is 0 Å². The lowest BCUT2D eigenvalue weighted by Gasteiger charge is -2.21. The van der Waals surface area contributed by atoms with Crippen molar-refractivity contribution in [3.63, 3.8) is 0 Å². The molecule has 1 atom stereocenters. The maximum atomic E-state index is 12.9. The Kier molecular flexibility index (Phi) is 5.93. The van der Waals surface area contributed by atoms with E-state index >= 15 is 0 Å². The van der Waals surface area contributed by atoms with Gasteiger partial charge in [-0.25, -0.2) is 4.39 Å². The van der Waals surface area contributed by atoms with Gasteiger partial charge in [0.2, 0.25) is 0 Å². The van der Waals surface area contributed by atoms with Gasteiger partial charge >= 0.3 is 0 Å². The van der Waals surface area contributed by atoms with Crippen molar-refractivity contribution in [1.29, 1.82) is 0 Å². The predicted molar refractivity (Wildman–Crippen MR) is 96.5 cm³/mol. The summed E-state index contributed by atoms with van der Waals surface area (Å²) < 4.78 is 18.2. The Labute approximate surface area is 141 Å². The van der Waals surface area contributed by atoms with E-state index < -0.39 is 0 Å². The molecule has 122 valence electrons. The van der Waals surface area contributed by atoms with Crippen molar-refractivity contribution in [3.05, 3.63) is 59.4 Å². The first kappa shape index (κ1) is 17.2. The zero-order valence-electron chi connectivity index (χ0n) is 13.5. The summed E-state index contributed by atoms with van der Waals surface area (Å²) >= 11 is 5.35. The fourth-order valence-electron chi connectivity index (χ4n) is 2.40. The third-order valence-corrected chi connectivity index (χ3v) is 3.86. The third-order valence-electron chi connectivity index (χ3n) is 3.64. The van der Waals surface area contributed by atoms with E-state index in [1.54, 1.807) is 19.2 Å². The number of ether oxygens (including phenoxy) is 1. The van der Waals surface area contributed by atoms with Crippen molar-refractivity contribution >= 4 is 23.0 Å². The van der Waals surface area contributed by atoms with Crippen LogP contribution in [0, 0.1) is 12.7 Å². The van der Waals surface area contributed by atoms with Crippen LogP contribution in [0.1, 0.15) is 30.5 Å². The van der Waals surface area contributed by atoms with Gasteiger partial charge in [-0.15, -0.1) is 0 Å².